The van der Waals surface area contributed by atoms with Gasteiger partial charge in [0.25, 0.3) is 0 Å². The molecule has 0 unspecified atom stereocenters. The van der Waals surface area contributed by atoms with Gasteiger partial charge in [-0.05, 0) is 50.3 Å². The van der Waals surface area contributed by atoms with Gasteiger partial charge in [0, 0.05) is 19.6 Å². The minimum Gasteiger partial charge on any atom is -0.354 e. The van der Waals surface area contributed by atoms with Gasteiger partial charge in [0.05, 0.1) is 10.8 Å². The van der Waals surface area contributed by atoms with Crippen molar-refractivity contribution in [3.05, 3.63) is 66.2 Å². The van der Waals surface area contributed by atoms with E-state index in [9.17, 15) is 18.0 Å². The van der Waals surface area contributed by atoms with E-state index < -0.39 is 22.0 Å². The monoisotopic (exact) mass is 457 g/mol. The number of nitrogens with zero attached hydrogens (tertiary/aromatic N) is 1. The SMILES string of the molecule is C[C@H](NC(=O)[C@H]1CCCN(S(=O)(=O)c2ccccc2)C1)C(=O)NCCCc1ccccc1. The van der Waals surface area contributed by atoms with Gasteiger partial charge in [0.15, 0.2) is 0 Å². The fraction of sp³-hybridized carbons (Fsp3) is 0.417. The van der Waals surface area contributed by atoms with Crippen LogP contribution in [-0.2, 0) is 26.0 Å². The zero-order valence-corrected chi connectivity index (χ0v) is 19.2. The molecule has 0 spiro atoms. The Morgan fingerprint density at radius 3 is 2.41 bits per heavy atom. The van der Waals surface area contributed by atoms with E-state index in [1.54, 1.807) is 37.3 Å². The van der Waals surface area contributed by atoms with E-state index in [0.717, 1.165) is 12.8 Å². The number of piperidine rings is 1. The molecule has 0 saturated carbocycles. The lowest BCUT2D eigenvalue weighted by Crippen LogP contribution is -2.50. The summed E-state index contributed by atoms with van der Waals surface area (Å²) in [5.41, 5.74) is 1.22. The molecular weight excluding hydrogens is 426 g/mol. The lowest BCUT2D eigenvalue weighted by molar-refractivity contribution is -0.131. The molecule has 172 valence electrons. The Morgan fingerprint density at radius 2 is 1.72 bits per heavy atom. The first-order chi connectivity index (χ1) is 15.4. The van der Waals surface area contributed by atoms with Gasteiger partial charge >= 0.3 is 0 Å². The van der Waals surface area contributed by atoms with Crippen LogP contribution in [0.3, 0.4) is 0 Å². The molecule has 3 rings (SSSR count). The number of hydrogen-bond acceptors (Lipinski definition) is 4. The Kier molecular flexibility index (Phi) is 8.41. The van der Waals surface area contributed by atoms with Crippen LogP contribution in [-0.4, -0.2) is 50.2 Å². The zero-order valence-electron chi connectivity index (χ0n) is 18.4. The summed E-state index contributed by atoms with van der Waals surface area (Å²) in [5, 5.41) is 5.60. The van der Waals surface area contributed by atoms with Gasteiger partial charge in [-0.15, -0.1) is 0 Å². The van der Waals surface area contributed by atoms with E-state index in [-0.39, 0.29) is 23.3 Å². The van der Waals surface area contributed by atoms with Crippen LogP contribution >= 0.6 is 0 Å². The van der Waals surface area contributed by atoms with Crippen molar-refractivity contribution in [2.24, 2.45) is 5.92 Å². The maximum atomic E-state index is 12.9. The van der Waals surface area contributed by atoms with Crippen LogP contribution in [0.15, 0.2) is 65.6 Å². The van der Waals surface area contributed by atoms with Crippen molar-refractivity contribution in [2.75, 3.05) is 19.6 Å². The number of amides is 2. The first-order valence-electron chi connectivity index (χ1n) is 11.0. The molecule has 32 heavy (non-hydrogen) atoms. The Bertz CT molecular complexity index is 996. The number of benzene rings is 2. The van der Waals surface area contributed by atoms with Crippen LogP contribution in [0.2, 0.25) is 0 Å². The van der Waals surface area contributed by atoms with Crippen molar-refractivity contribution < 1.29 is 18.0 Å². The van der Waals surface area contributed by atoms with Crippen molar-refractivity contribution in [2.45, 2.75) is 43.5 Å². The first kappa shape index (κ1) is 23.9. The number of carbonyl (C=O) groups excluding carboxylic acids is 2. The normalized spacial score (nSPS) is 18.0. The largest absolute Gasteiger partial charge is 0.354 e. The van der Waals surface area contributed by atoms with E-state index >= 15 is 0 Å². The van der Waals surface area contributed by atoms with E-state index in [1.807, 2.05) is 18.2 Å². The van der Waals surface area contributed by atoms with Gasteiger partial charge in [0.2, 0.25) is 21.8 Å². The summed E-state index contributed by atoms with van der Waals surface area (Å²) in [6, 6.07) is 17.6. The molecule has 8 heteroatoms. The summed E-state index contributed by atoms with van der Waals surface area (Å²) in [5.74, 6) is -1.00. The average molecular weight is 458 g/mol. The van der Waals surface area contributed by atoms with Crippen molar-refractivity contribution in [3.63, 3.8) is 0 Å². The number of aryl methyl sites for hydroxylation is 1. The predicted octanol–water partition coefficient (Wildman–Crippen LogP) is 2.34. The van der Waals surface area contributed by atoms with Crippen molar-refractivity contribution in [1.82, 2.24) is 14.9 Å². The number of carbonyl (C=O) groups is 2. The van der Waals surface area contributed by atoms with E-state index in [1.165, 1.54) is 9.87 Å². The number of hydrogen-bond donors (Lipinski definition) is 2. The molecule has 0 aliphatic carbocycles. The minimum absolute atomic E-state index is 0.120. The fourth-order valence-corrected chi connectivity index (χ4v) is 5.36. The second-order valence-corrected chi connectivity index (χ2v) is 10.1. The topological polar surface area (TPSA) is 95.6 Å². The molecule has 0 bridgehead atoms. The van der Waals surface area contributed by atoms with E-state index in [0.29, 0.717) is 25.9 Å². The van der Waals surface area contributed by atoms with Gasteiger partial charge in [-0.2, -0.15) is 4.31 Å². The fourth-order valence-electron chi connectivity index (χ4n) is 3.81. The molecule has 2 atom stereocenters. The van der Waals surface area contributed by atoms with Crippen LogP contribution in [0.4, 0.5) is 0 Å². The molecule has 1 fully saturated rings. The Labute approximate surface area is 190 Å². The predicted molar refractivity (Wildman–Crippen MR) is 123 cm³/mol. The van der Waals surface area contributed by atoms with Gasteiger partial charge in [-0.3, -0.25) is 9.59 Å². The number of rotatable bonds is 9. The maximum absolute atomic E-state index is 12.9. The molecule has 1 saturated heterocycles. The number of sulfonamides is 1. The Morgan fingerprint density at radius 1 is 1.06 bits per heavy atom. The molecule has 7 nitrogen and oxygen atoms in total. The summed E-state index contributed by atoms with van der Waals surface area (Å²) in [6.07, 6.45) is 2.88. The molecule has 1 heterocycles. The molecule has 0 aromatic heterocycles. The molecular formula is C24H31N3O4S. The van der Waals surface area contributed by atoms with Crippen LogP contribution in [0.5, 0.6) is 0 Å². The summed E-state index contributed by atoms with van der Waals surface area (Å²) in [4.78, 5) is 25.3. The highest BCUT2D eigenvalue weighted by atomic mass is 32.2. The van der Waals surface area contributed by atoms with Crippen LogP contribution in [0.25, 0.3) is 0 Å². The lowest BCUT2D eigenvalue weighted by Gasteiger charge is -2.31. The Balaban J connectivity index is 1.46. The number of nitrogens with one attached hydrogen (secondary N) is 2. The standard InChI is InChI=1S/C24H31N3O4S/c1-19(23(28)25-16-8-12-20-10-4-2-5-11-20)26-24(29)21-13-9-17-27(18-21)32(30,31)22-14-6-3-7-15-22/h2-7,10-11,14-15,19,21H,8-9,12-13,16-18H2,1H3,(H,25,28)(H,26,29)/t19-,21-/m0/s1. The average Bonchev–Trinajstić information content (AvgIpc) is 2.83. The third-order valence-electron chi connectivity index (χ3n) is 5.67. The summed E-state index contributed by atoms with van der Waals surface area (Å²) in [6.45, 7) is 2.68. The third-order valence-corrected chi connectivity index (χ3v) is 7.55. The maximum Gasteiger partial charge on any atom is 0.243 e. The quantitative estimate of drug-likeness (QED) is 0.565. The van der Waals surface area contributed by atoms with Crippen LogP contribution in [0.1, 0.15) is 31.7 Å². The van der Waals surface area contributed by atoms with Crippen molar-refractivity contribution >= 4 is 21.8 Å². The molecule has 0 radical (unpaired) electrons. The van der Waals surface area contributed by atoms with Crippen molar-refractivity contribution in [1.29, 1.82) is 0 Å². The second kappa shape index (κ2) is 11.2. The van der Waals surface area contributed by atoms with Crippen LogP contribution < -0.4 is 10.6 Å². The lowest BCUT2D eigenvalue weighted by atomic mass is 9.98. The van der Waals surface area contributed by atoms with Gasteiger partial charge in [-0.25, -0.2) is 8.42 Å². The highest BCUT2D eigenvalue weighted by Crippen LogP contribution is 2.23. The van der Waals surface area contributed by atoms with Gasteiger partial charge < -0.3 is 10.6 Å². The zero-order chi connectivity index (χ0) is 23.0. The highest BCUT2D eigenvalue weighted by molar-refractivity contribution is 7.89. The van der Waals surface area contributed by atoms with Crippen molar-refractivity contribution in [3.8, 4) is 0 Å². The molecule has 1 aliphatic rings. The van der Waals surface area contributed by atoms with E-state index in [4.69, 9.17) is 0 Å². The summed E-state index contributed by atoms with van der Waals surface area (Å²) < 4.78 is 27.1. The smallest absolute Gasteiger partial charge is 0.243 e. The third kappa shape index (κ3) is 6.40. The molecule has 1 aliphatic heterocycles. The van der Waals surface area contributed by atoms with E-state index in [2.05, 4.69) is 22.8 Å². The Hall–Kier alpha value is -2.71. The first-order valence-corrected chi connectivity index (χ1v) is 12.5. The second-order valence-electron chi connectivity index (χ2n) is 8.13. The molecule has 2 aromatic rings. The summed E-state index contributed by atoms with van der Waals surface area (Å²) >= 11 is 0. The summed E-state index contributed by atoms with van der Waals surface area (Å²) in [7, 11) is -3.64. The van der Waals surface area contributed by atoms with Gasteiger partial charge in [0.1, 0.15) is 6.04 Å². The van der Waals surface area contributed by atoms with Crippen LogP contribution in [0, 0.1) is 5.92 Å². The highest BCUT2D eigenvalue weighted by Gasteiger charge is 2.34. The molecule has 2 amide bonds. The molecule has 2 aromatic carbocycles. The minimum atomic E-state index is -3.64. The molecule has 2 N–H and O–H groups in total. The van der Waals surface area contributed by atoms with Gasteiger partial charge in [-0.1, -0.05) is 48.5 Å².